The topological polar surface area (TPSA) is 98.7 Å². The van der Waals surface area contributed by atoms with Crippen LogP contribution in [-0.2, 0) is 10.3 Å². The van der Waals surface area contributed by atoms with E-state index < -0.39 is 0 Å². The third kappa shape index (κ3) is 3.81. The molecule has 1 N–H and O–H groups in total. The average molecular weight is 310 g/mol. The highest BCUT2D eigenvalue weighted by Crippen LogP contribution is 2.25. The van der Waals surface area contributed by atoms with Crippen molar-refractivity contribution in [1.29, 1.82) is 0 Å². The van der Waals surface area contributed by atoms with E-state index in [1.54, 1.807) is 24.6 Å². The van der Waals surface area contributed by atoms with Crippen LogP contribution in [0.2, 0.25) is 0 Å². The van der Waals surface area contributed by atoms with Crippen molar-refractivity contribution >= 4 is 23.6 Å². The van der Waals surface area contributed by atoms with Gasteiger partial charge in [0.15, 0.2) is 0 Å². The first kappa shape index (κ1) is 15.5. The fourth-order valence-corrected chi connectivity index (χ4v) is 2.51. The molecule has 1 amide bonds. The molecule has 2 heterocycles. The van der Waals surface area contributed by atoms with Crippen molar-refractivity contribution < 1.29 is 9.32 Å². The maximum Gasteiger partial charge on any atom is 0.240 e. The number of hydrogen-bond donors (Lipinski definition) is 1. The van der Waals surface area contributed by atoms with Gasteiger partial charge in [-0.3, -0.25) is 10.1 Å². The number of nitrogens with zero attached hydrogens (tertiary/aromatic N) is 5. The van der Waals surface area contributed by atoms with E-state index in [1.807, 2.05) is 20.8 Å². The van der Waals surface area contributed by atoms with Crippen molar-refractivity contribution in [2.45, 2.75) is 50.6 Å². The average Bonchev–Trinajstić information content (AvgIpc) is 2.97. The lowest BCUT2D eigenvalue weighted by Crippen LogP contribution is -2.26. The number of tetrazole rings is 1. The molecule has 0 saturated heterocycles. The number of amides is 1. The molecule has 2 rings (SSSR count). The smallest absolute Gasteiger partial charge is 0.240 e. The van der Waals surface area contributed by atoms with Crippen molar-refractivity contribution in [3.05, 3.63) is 11.8 Å². The summed E-state index contributed by atoms with van der Waals surface area (Å²) < 4.78 is 6.66. The van der Waals surface area contributed by atoms with Crippen LogP contribution in [0, 0.1) is 6.92 Å². The Balaban J connectivity index is 2.03. The van der Waals surface area contributed by atoms with E-state index >= 15 is 0 Å². The summed E-state index contributed by atoms with van der Waals surface area (Å²) in [4.78, 5) is 12.1. The van der Waals surface area contributed by atoms with Crippen LogP contribution in [0.4, 0.5) is 5.88 Å². The van der Waals surface area contributed by atoms with Gasteiger partial charge in [-0.15, -0.1) is 5.10 Å². The van der Waals surface area contributed by atoms with E-state index in [4.69, 9.17) is 4.52 Å². The first-order valence-electron chi connectivity index (χ1n) is 6.47. The van der Waals surface area contributed by atoms with Gasteiger partial charge in [-0.1, -0.05) is 16.9 Å². The molecule has 0 fully saturated rings. The Hall–Kier alpha value is -1.90. The molecule has 0 aliphatic carbocycles. The number of nitrogens with one attached hydrogen (secondary N) is 1. The first-order valence-corrected chi connectivity index (χ1v) is 7.35. The Morgan fingerprint density at radius 3 is 2.76 bits per heavy atom. The Morgan fingerprint density at radius 1 is 1.48 bits per heavy atom. The van der Waals surface area contributed by atoms with Crippen molar-refractivity contribution in [2.75, 3.05) is 5.32 Å². The molecular weight excluding hydrogens is 292 g/mol. The van der Waals surface area contributed by atoms with Gasteiger partial charge < -0.3 is 4.52 Å². The largest absolute Gasteiger partial charge is 0.338 e. The molecule has 2 aromatic heterocycles. The second kappa shape index (κ2) is 5.84. The number of aryl methyl sites for hydroxylation is 1. The molecule has 114 valence electrons. The van der Waals surface area contributed by atoms with Gasteiger partial charge in [0.05, 0.1) is 16.5 Å². The summed E-state index contributed by atoms with van der Waals surface area (Å²) in [6.07, 6.45) is 0. The zero-order chi connectivity index (χ0) is 15.6. The minimum Gasteiger partial charge on any atom is -0.338 e. The van der Waals surface area contributed by atoms with Crippen LogP contribution >= 0.6 is 11.8 Å². The standard InChI is InChI=1S/C12H18N6O2S/c1-7-6-9(20-15-7)13-10(19)8(2)21-11-14-16-17-18(11)12(3,4)5/h6,8H,1-5H3,(H,13,19)/t8-/m0/s1. The molecule has 0 aromatic carbocycles. The summed E-state index contributed by atoms with van der Waals surface area (Å²) in [6.45, 7) is 9.56. The lowest BCUT2D eigenvalue weighted by molar-refractivity contribution is -0.115. The Labute approximate surface area is 126 Å². The second-order valence-corrected chi connectivity index (χ2v) is 6.93. The van der Waals surface area contributed by atoms with E-state index in [-0.39, 0.29) is 16.7 Å². The molecule has 2 aromatic rings. The van der Waals surface area contributed by atoms with Crippen LogP contribution in [0.3, 0.4) is 0 Å². The summed E-state index contributed by atoms with van der Waals surface area (Å²) in [6, 6.07) is 1.66. The van der Waals surface area contributed by atoms with E-state index in [0.29, 0.717) is 16.7 Å². The van der Waals surface area contributed by atoms with Crippen molar-refractivity contribution in [1.82, 2.24) is 25.4 Å². The van der Waals surface area contributed by atoms with Crippen LogP contribution in [0.15, 0.2) is 15.7 Å². The molecular formula is C12H18N6O2S. The van der Waals surface area contributed by atoms with E-state index in [0.717, 1.165) is 0 Å². The van der Waals surface area contributed by atoms with Crippen LogP contribution in [0.25, 0.3) is 0 Å². The normalized spacial score (nSPS) is 13.2. The summed E-state index contributed by atoms with van der Waals surface area (Å²) in [5.41, 5.74) is 0.464. The maximum atomic E-state index is 12.1. The van der Waals surface area contributed by atoms with Crippen LogP contribution in [0.1, 0.15) is 33.4 Å². The van der Waals surface area contributed by atoms with Gasteiger partial charge in [0.2, 0.25) is 16.9 Å². The first-order chi connectivity index (χ1) is 9.77. The second-order valence-electron chi connectivity index (χ2n) is 5.63. The monoisotopic (exact) mass is 310 g/mol. The van der Waals surface area contributed by atoms with Gasteiger partial charge in [0.1, 0.15) is 0 Å². The quantitative estimate of drug-likeness (QED) is 0.860. The van der Waals surface area contributed by atoms with E-state index in [9.17, 15) is 4.79 Å². The summed E-state index contributed by atoms with van der Waals surface area (Å²) in [7, 11) is 0. The molecule has 21 heavy (non-hydrogen) atoms. The highest BCUT2D eigenvalue weighted by Gasteiger charge is 2.24. The number of carbonyl (C=O) groups excluding carboxylic acids is 1. The maximum absolute atomic E-state index is 12.1. The van der Waals surface area contributed by atoms with Gasteiger partial charge in [0, 0.05) is 6.07 Å². The highest BCUT2D eigenvalue weighted by molar-refractivity contribution is 8.00. The Bertz CT molecular complexity index is 630. The third-order valence-corrected chi connectivity index (χ3v) is 3.64. The number of carbonyl (C=O) groups is 1. The zero-order valence-corrected chi connectivity index (χ0v) is 13.4. The SMILES string of the molecule is Cc1cc(NC(=O)[C@H](C)Sc2nnnn2C(C)(C)C)on1. The van der Waals surface area contributed by atoms with Crippen molar-refractivity contribution in [3.63, 3.8) is 0 Å². The Morgan fingerprint density at radius 2 is 2.19 bits per heavy atom. The molecule has 8 nitrogen and oxygen atoms in total. The fourth-order valence-electron chi connectivity index (χ4n) is 1.53. The van der Waals surface area contributed by atoms with Crippen molar-refractivity contribution in [2.24, 2.45) is 0 Å². The number of aromatic nitrogens is 5. The summed E-state index contributed by atoms with van der Waals surface area (Å²) >= 11 is 1.29. The molecule has 0 aliphatic heterocycles. The van der Waals surface area contributed by atoms with Gasteiger partial charge in [-0.05, 0) is 45.0 Å². The Kier molecular flexibility index (Phi) is 4.31. The molecule has 0 saturated carbocycles. The van der Waals surface area contributed by atoms with Gasteiger partial charge in [0.25, 0.3) is 0 Å². The molecule has 0 unspecified atom stereocenters. The lowest BCUT2D eigenvalue weighted by atomic mass is 10.1. The number of anilines is 1. The molecule has 9 heteroatoms. The molecule has 1 atom stereocenters. The highest BCUT2D eigenvalue weighted by atomic mass is 32.2. The van der Waals surface area contributed by atoms with Crippen molar-refractivity contribution in [3.8, 4) is 0 Å². The molecule has 0 spiro atoms. The van der Waals surface area contributed by atoms with Crippen LogP contribution in [-0.4, -0.2) is 36.5 Å². The predicted molar refractivity (Wildman–Crippen MR) is 78.0 cm³/mol. The lowest BCUT2D eigenvalue weighted by Gasteiger charge is -2.20. The third-order valence-electron chi connectivity index (χ3n) is 2.60. The number of rotatable bonds is 4. The summed E-state index contributed by atoms with van der Waals surface area (Å²) in [5.74, 6) is 0.139. The van der Waals surface area contributed by atoms with Gasteiger partial charge in [-0.25, -0.2) is 4.68 Å². The van der Waals surface area contributed by atoms with E-state index in [1.165, 1.54) is 11.8 Å². The van der Waals surface area contributed by atoms with Crippen LogP contribution in [0.5, 0.6) is 0 Å². The zero-order valence-electron chi connectivity index (χ0n) is 12.6. The predicted octanol–water partition coefficient (Wildman–Crippen LogP) is 1.84. The molecule has 0 radical (unpaired) electrons. The minimum atomic E-state index is -0.373. The number of thioether (sulfide) groups is 1. The van der Waals surface area contributed by atoms with Gasteiger partial charge in [-0.2, -0.15) is 0 Å². The molecule has 0 aliphatic rings. The summed E-state index contributed by atoms with van der Waals surface area (Å²) in [5, 5.41) is 18.2. The molecule has 0 bridgehead atoms. The minimum absolute atomic E-state index is 0.195. The van der Waals surface area contributed by atoms with Crippen LogP contribution < -0.4 is 5.32 Å². The van der Waals surface area contributed by atoms with Gasteiger partial charge >= 0.3 is 0 Å². The van der Waals surface area contributed by atoms with E-state index in [2.05, 4.69) is 26.0 Å². The number of hydrogen-bond acceptors (Lipinski definition) is 7. The fraction of sp³-hybridized carbons (Fsp3) is 0.583.